The predicted octanol–water partition coefficient (Wildman–Crippen LogP) is 0.150. The van der Waals surface area contributed by atoms with Crippen LogP contribution in [0.25, 0.3) is 0 Å². The lowest BCUT2D eigenvalue weighted by molar-refractivity contribution is -0.135. The van der Waals surface area contributed by atoms with E-state index in [0.717, 1.165) is 58.5 Å². The third kappa shape index (κ3) is 2.95. The van der Waals surface area contributed by atoms with Gasteiger partial charge in [0.25, 0.3) is 0 Å². The number of likely N-dealkylation sites (N-methyl/N-ethyl adjacent to an activating group) is 1. The maximum atomic E-state index is 12.3. The summed E-state index contributed by atoms with van der Waals surface area (Å²) in [5, 5.41) is 3.32. The van der Waals surface area contributed by atoms with Crippen LogP contribution in [0.1, 0.15) is 19.3 Å². The monoisotopic (exact) mass is 225 g/mol. The second-order valence-corrected chi connectivity index (χ2v) is 5.03. The highest BCUT2D eigenvalue weighted by Gasteiger charge is 2.26. The standard InChI is InChI=1S/C12H23N3O/c1-14-6-3-7-15(9-8-14)12(16)11-4-2-5-13-10-11/h11,13H,2-10H2,1H3. The summed E-state index contributed by atoms with van der Waals surface area (Å²) in [4.78, 5) is 16.7. The maximum absolute atomic E-state index is 12.3. The van der Waals surface area contributed by atoms with Gasteiger partial charge < -0.3 is 15.1 Å². The Balaban J connectivity index is 1.87. The molecule has 1 amide bonds. The molecule has 2 rings (SSSR count). The fraction of sp³-hybridized carbons (Fsp3) is 0.917. The van der Waals surface area contributed by atoms with Crippen molar-refractivity contribution in [1.82, 2.24) is 15.1 Å². The molecule has 2 fully saturated rings. The van der Waals surface area contributed by atoms with E-state index < -0.39 is 0 Å². The lowest BCUT2D eigenvalue weighted by Crippen LogP contribution is -2.44. The summed E-state index contributed by atoms with van der Waals surface area (Å²) >= 11 is 0. The molecule has 0 aromatic rings. The number of amides is 1. The summed E-state index contributed by atoms with van der Waals surface area (Å²) in [7, 11) is 2.14. The minimum Gasteiger partial charge on any atom is -0.341 e. The van der Waals surface area contributed by atoms with Crippen LogP contribution in [-0.4, -0.2) is 62.0 Å². The van der Waals surface area contributed by atoms with Gasteiger partial charge >= 0.3 is 0 Å². The number of rotatable bonds is 1. The van der Waals surface area contributed by atoms with Crippen molar-refractivity contribution in [2.45, 2.75) is 19.3 Å². The molecule has 0 radical (unpaired) electrons. The van der Waals surface area contributed by atoms with E-state index in [1.54, 1.807) is 0 Å². The van der Waals surface area contributed by atoms with Crippen molar-refractivity contribution in [3.63, 3.8) is 0 Å². The smallest absolute Gasteiger partial charge is 0.227 e. The van der Waals surface area contributed by atoms with E-state index in [-0.39, 0.29) is 5.92 Å². The molecule has 2 aliphatic rings. The van der Waals surface area contributed by atoms with E-state index in [4.69, 9.17) is 0 Å². The minimum atomic E-state index is 0.233. The molecule has 1 N–H and O–H groups in total. The summed E-state index contributed by atoms with van der Waals surface area (Å²) in [5.41, 5.74) is 0. The molecule has 16 heavy (non-hydrogen) atoms. The van der Waals surface area contributed by atoms with Crippen LogP contribution >= 0.6 is 0 Å². The average molecular weight is 225 g/mol. The second kappa shape index (κ2) is 5.64. The Morgan fingerprint density at radius 1 is 1.19 bits per heavy atom. The number of nitrogens with one attached hydrogen (secondary N) is 1. The van der Waals surface area contributed by atoms with E-state index in [2.05, 4.69) is 22.2 Å². The van der Waals surface area contributed by atoms with Gasteiger partial charge in [-0.25, -0.2) is 0 Å². The van der Waals surface area contributed by atoms with Crippen molar-refractivity contribution in [3.05, 3.63) is 0 Å². The highest BCUT2D eigenvalue weighted by molar-refractivity contribution is 5.79. The summed E-state index contributed by atoms with van der Waals surface area (Å²) < 4.78 is 0. The number of carbonyl (C=O) groups excluding carboxylic acids is 1. The zero-order valence-electron chi connectivity index (χ0n) is 10.2. The highest BCUT2D eigenvalue weighted by Crippen LogP contribution is 2.14. The fourth-order valence-corrected chi connectivity index (χ4v) is 2.59. The third-order valence-electron chi connectivity index (χ3n) is 3.68. The van der Waals surface area contributed by atoms with Gasteiger partial charge in [0.05, 0.1) is 5.92 Å². The van der Waals surface area contributed by atoms with Crippen LogP contribution in [0.15, 0.2) is 0 Å². The van der Waals surface area contributed by atoms with Crippen molar-refractivity contribution in [1.29, 1.82) is 0 Å². The minimum absolute atomic E-state index is 0.233. The topological polar surface area (TPSA) is 35.6 Å². The Labute approximate surface area is 98.0 Å². The van der Waals surface area contributed by atoms with Gasteiger partial charge in [-0.2, -0.15) is 0 Å². The van der Waals surface area contributed by atoms with Gasteiger partial charge in [-0.1, -0.05) is 0 Å². The number of hydrogen-bond acceptors (Lipinski definition) is 3. The van der Waals surface area contributed by atoms with Crippen LogP contribution in [0.2, 0.25) is 0 Å². The zero-order valence-corrected chi connectivity index (χ0v) is 10.2. The predicted molar refractivity (Wildman–Crippen MR) is 64.3 cm³/mol. The first-order chi connectivity index (χ1) is 7.77. The van der Waals surface area contributed by atoms with Gasteiger partial charge in [0.15, 0.2) is 0 Å². The first-order valence-corrected chi connectivity index (χ1v) is 6.45. The van der Waals surface area contributed by atoms with Crippen LogP contribution in [0.5, 0.6) is 0 Å². The zero-order chi connectivity index (χ0) is 11.4. The molecular formula is C12H23N3O. The summed E-state index contributed by atoms with van der Waals surface area (Å²) in [6.45, 7) is 5.95. The van der Waals surface area contributed by atoms with E-state index in [1.807, 2.05) is 0 Å². The molecule has 2 heterocycles. The van der Waals surface area contributed by atoms with Crippen LogP contribution in [0.3, 0.4) is 0 Å². The normalized spacial score (nSPS) is 28.8. The Bertz CT molecular complexity index is 238. The molecule has 4 nitrogen and oxygen atoms in total. The van der Waals surface area contributed by atoms with E-state index in [9.17, 15) is 4.79 Å². The molecule has 0 spiro atoms. The van der Waals surface area contributed by atoms with Crippen LogP contribution in [-0.2, 0) is 4.79 Å². The molecule has 4 heteroatoms. The molecular weight excluding hydrogens is 202 g/mol. The molecule has 92 valence electrons. The molecule has 2 aliphatic heterocycles. The Morgan fingerprint density at radius 2 is 2.06 bits per heavy atom. The Morgan fingerprint density at radius 3 is 2.81 bits per heavy atom. The summed E-state index contributed by atoms with van der Waals surface area (Å²) in [5.74, 6) is 0.611. The van der Waals surface area contributed by atoms with Gasteiger partial charge in [0, 0.05) is 26.2 Å². The molecule has 0 saturated carbocycles. The van der Waals surface area contributed by atoms with Crippen LogP contribution < -0.4 is 5.32 Å². The van der Waals surface area contributed by atoms with E-state index in [0.29, 0.717) is 5.91 Å². The first kappa shape index (κ1) is 11.9. The highest BCUT2D eigenvalue weighted by atomic mass is 16.2. The molecule has 0 aromatic heterocycles. The van der Waals surface area contributed by atoms with Gasteiger partial charge in [0.1, 0.15) is 0 Å². The Kier molecular flexibility index (Phi) is 4.18. The van der Waals surface area contributed by atoms with E-state index in [1.165, 1.54) is 0 Å². The third-order valence-corrected chi connectivity index (χ3v) is 3.68. The number of carbonyl (C=O) groups is 1. The van der Waals surface area contributed by atoms with Crippen molar-refractivity contribution in [3.8, 4) is 0 Å². The number of piperidine rings is 1. The number of nitrogens with zero attached hydrogens (tertiary/aromatic N) is 2. The molecule has 0 aliphatic carbocycles. The maximum Gasteiger partial charge on any atom is 0.227 e. The second-order valence-electron chi connectivity index (χ2n) is 5.03. The van der Waals surface area contributed by atoms with Gasteiger partial charge in [-0.3, -0.25) is 4.79 Å². The van der Waals surface area contributed by atoms with Crippen molar-refractivity contribution in [2.75, 3.05) is 46.3 Å². The van der Waals surface area contributed by atoms with Crippen LogP contribution in [0, 0.1) is 5.92 Å². The van der Waals surface area contributed by atoms with Gasteiger partial charge in [-0.05, 0) is 39.4 Å². The van der Waals surface area contributed by atoms with Crippen LogP contribution in [0.4, 0.5) is 0 Å². The first-order valence-electron chi connectivity index (χ1n) is 6.45. The van der Waals surface area contributed by atoms with Crippen molar-refractivity contribution < 1.29 is 4.79 Å². The Hall–Kier alpha value is -0.610. The van der Waals surface area contributed by atoms with Gasteiger partial charge in [-0.15, -0.1) is 0 Å². The summed E-state index contributed by atoms with van der Waals surface area (Å²) in [6.07, 6.45) is 3.32. The largest absolute Gasteiger partial charge is 0.341 e. The molecule has 2 saturated heterocycles. The lowest BCUT2D eigenvalue weighted by Gasteiger charge is -2.28. The quantitative estimate of drug-likeness (QED) is 0.690. The van der Waals surface area contributed by atoms with Crippen molar-refractivity contribution in [2.24, 2.45) is 5.92 Å². The summed E-state index contributed by atoms with van der Waals surface area (Å²) in [6, 6.07) is 0. The van der Waals surface area contributed by atoms with Gasteiger partial charge in [0.2, 0.25) is 5.91 Å². The SMILES string of the molecule is CN1CCCN(C(=O)C2CCCNC2)CC1. The average Bonchev–Trinajstić information content (AvgIpc) is 2.54. The molecule has 1 unspecified atom stereocenters. The lowest BCUT2D eigenvalue weighted by atomic mass is 9.98. The number of hydrogen-bond donors (Lipinski definition) is 1. The fourth-order valence-electron chi connectivity index (χ4n) is 2.59. The molecule has 0 aromatic carbocycles. The van der Waals surface area contributed by atoms with Crippen molar-refractivity contribution >= 4 is 5.91 Å². The molecule has 1 atom stereocenters. The van der Waals surface area contributed by atoms with E-state index >= 15 is 0 Å². The molecule has 0 bridgehead atoms.